The van der Waals surface area contributed by atoms with Crippen LogP contribution in [0.15, 0.2) is 29.3 Å². The molecule has 1 N–H and O–H groups in total. The molecule has 0 bridgehead atoms. The molecule has 78 valence electrons. The van der Waals surface area contributed by atoms with Gasteiger partial charge >= 0.3 is 0 Å². The van der Waals surface area contributed by atoms with Crippen LogP contribution in [0.5, 0.6) is 0 Å². The number of hydrogen-bond donors (Lipinski definition) is 1. The maximum absolute atomic E-state index is 10.2. The summed E-state index contributed by atoms with van der Waals surface area (Å²) in [7, 11) is 0. The molecule has 0 atom stereocenters. The van der Waals surface area contributed by atoms with E-state index in [0.717, 1.165) is 25.9 Å². The second-order valence-corrected chi connectivity index (χ2v) is 3.82. The van der Waals surface area contributed by atoms with Gasteiger partial charge in [0.05, 0.1) is 5.69 Å². The van der Waals surface area contributed by atoms with Gasteiger partial charge in [-0.1, -0.05) is 12.1 Å². The lowest BCUT2D eigenvalue weighted by Gasteiger charge is -2.22. The van der Waals surface area contributed by atoms with Crippen LogP contribution in [-0.2, 0) is 4.79 Å². The van der Waals surface area contributed by atoms with E-state index in [-0.39, 0.29) is 0 Å². The molecule has 0 unspecified atom stereocenters. The standard InChI is InChI=1S/C12H14N2O/c15-9-14-12-3-1-2-11(8-12)10-4-6-13-7-5-10/h1-3,8,10,13H,4-7H2. The van der Waals surface area contributed by atoms with E-state index < -0.39 is 0 Å². The molecule has 1 aromatic rings. The van der Waals surface area contributed by atoms with Crippen LogP contribution < -0.4 is 5.32 Å². The van der Waals surface area contributed by atoms with Gasteiger partial charge in [-0.2, -0.15) is 4.99 Å². The number of isocyanates is 1. The molecule has 1 aliphatic rings. The molecule has 3 heteroatoms. The molecule has 1 saturated heterocycles. The number of piperidine rings is 1. The molecule has 0 amide bonds. The summed E-state index contributed by atoms with van der Waals surface area (Å²) >= 11 is 0. The molecule has 0 saturated carbocycles. The quantitative estimate of drug-likeness (QED) is 0.589. The normalized spacial score (nSPS) is 17.1. The summed E-state index contributed by atoms with van der Waals surface area (Å²) in [6.07, 6.45) is 3.90. The van der Waals surface area contributed by atoms with Crippen molar-refractivity contribution in [2.75, 3.05) is 13.1 Å². The number of nitrogens with one attached hydrogen (secondary N) is 1. The van der Waals surface area contributed by atoms with Crippen molar-refractivity contribution in [3.63, 3.8) is 0 Å². The van der Waals surface area contributed by atoms with Gasteiger partial charge in [0, 0.05) is 0 Å². The van der Waals surface area contributed by atoms with Crippen LogP contribution in [0.3, 0.4) is 0 Å². The molecular weight excluding hydrogens is 188 g/mol. The highest BCUT2D eigenvalue weighted by Gasteiger charge is 2.14. The minimum Gasteiger partial charge on any atom is -0.317 e. The Balaban J connectivity index is 2.19. The zero-order valence-electron chi connectivity index (χ0n) is 8.57. The van der Waals surface area contributed by atoms with Gasteiger partial charge in [-0.25, -0.2) is 4.79 Å². The second kappa shape index (κ2) is 4.87. The molecule has 15 heavy (non-hydrogen) atoms. The number of carbonyl (C=O) groups excluding carboxylic acids is 1. The third-order valence-corrected chi connectivity index (χ3v) is 2.86. The van der Waals surface area contributed by atoms with Crippen LogP contribution in [-0.4, -0.2) is 19.2 Å². The largest absolute Gasteiger partial charge is 0.317 e. The summed E-state index contributed by atoms with van der Waals surface area (Å²) in [5.74, 6) is 0.605. The highest BCUT2D eigenvalue weighted by atomic mass is 16.1. The Bertz CT molecular complexity index is 377. The van der Waals surface area contributed by atoms with Crippen molar-refractivity contribution in [3.05, 3.63) is 29.8 Å². The Labute approximate surface area is 89.2 Å². The SMILES string of the molecule is O=C=Nc1cccc(C2CCNCC2)c1. The van der Waals surface area contributed by atoms with Crippen molar-refractivity contribution in [1.29, 1.82) is 0 Å². The summed E-state index contributed by atoms with van der Waals surface area (Å²) in [5.41, 5.74) is 1.99. The van der Waals surface area contributed by atoms with E-state index in [1.807, 2.05) is 18.2 Å². The Morgan fingerprint density at radius 2 is 2.13 bits per heavy atom. The van der Waals surface area contributed by atoms with E-state index in [2.05, 4.69) is 16.4 Å². The molecule has 0 aliphatic carbocycles. The first kappa shape index (κ1) is 10.1. The zero-order valence-corrected chi connectivity index (χ0v) is 8.57. The summed E-state index contributed by atoms with van der Waals surface area (Å²) in [5, 5.41) is 3.34. The highest BCUT2D eigenvalue weighted by Crippen LogP contribution is 2.27. The van der Waals surface area contributed by atoms with Crippen LogP contribution in [0.25, 0.3) is 0 Å². The van der Waals surface area contributed by atoms with Gasteiger partial charge in [0.15, 0.2) is 0 Å². The summed E-state index contributed by atoms with van der Waals surface area (Å²) in [6, 6.07) is 7.88. The van der Waals surface area contributed by atoms with Crippen molar-refractivity contribution in [2.24, 2.45) is 4.99 Å². The van der Waals surface area contributed by atoms with E-state index in [1.165, 1.54) is 5.56 Å². The number of hydrogen-bond acceptors (Lipinski definition) is 3. The van der Waals surface area contributed by atoms with Crippen LogP contribution in [0, 0.1) is 0 Å². The molecule has 1 aromatic carbocycles. The van der Waals surface area contributed by atoms with Crippen LogP contribution in [0.2, 0.25) is 0 Å². The fourth-order valence-electron chi connectivity index (χ4n) is 2.06. The smallest absolute Gasteiger partial charge is 0.240 e. The fraction of sp³-hybridized carbons (Fsp3) is 0.417. The Morgan fingerprint density at radius 1 is 1.33 bits per heavy atom. The number of rotatable bonds is 2. The maximum atomic E-state index is 10.2. The number of aliphatic imine (C=N–C) groups is 1. The van der Waals surface area contributed by atoms with E-state index in [9.17, 15) is 4.79 Å². The molecule has 1 fully saturated rings. The van der Waals surface area contributed by atoms with Crippen molar-refractivity contribution in [2.45, 2.75) is 18.8 Å². The minimum absolute atomic E-state index is 0.605. The first-order valence-electron chi connectivity index (χ1n) is 5.28. The Morgan fingerprint density at radius 3 is 2.87 bits per heavy atom. The fourth-order valence-corrected chi connectivity index (χ4v) is 2.06. The molecule has 2 rings (SSSR count). The molecular formula is C12H14N2O. The van der Waals surface area contributed by atoms with Crippen molar-refractivity contribution < 1.29 is 4.79 Å². The average molecular weight is 202 g/mol. The number of nitrogens with zero attached hydrogens (tertiary/aromatic N) is 1. The third-order valence-electron chi connectivity index (χ3n) is 2.86. The zero-order chi connectivity index (χ0) is 10.5. The molecule has 1 aliphatic heterocycles. The third kappa shape index (κ3) is 2.52. The van der Waals surface area contributed by atoms with Gasteiger partial charge in [-0.3, -0.25) is 0 Å². The summed E-state index contributed by atoms with van der Waals surface area (Å²) in [4.78, 5) is 13.8. The van der Waals surface area contributed by atoms with E-state index in [1.54, 1.807) is 6.08 Å². The molecule has 0 spiro atoms. The van der Waals surface area contributed by atoms with E-state index >= 15 is 0 Å². The number of benzene rings is 1. The second-order valence-electron chi connectivity index (χ2n) is 3.82. The van der Waals surface area contributed by atoms with Crippen LogP contribution in [0.1, 0.15) is 24.3 Å². The average Bonchev–Trinajstić information content (AvgIpc) is 2.31. The topological polar surface area (TPSA) is 41.5 Å². The minimum atomic E-state index is 0.605. The van der Waals surface area contributed by atoms with Gasteiger partial charge in [0.25, 0.3) is 0 Å². The van der Waals surface area contributed by atoms with E-state index in [0.29, 0.717) is 11.6 Å². The monoisotopic (exact) mass is 202 g/mol. The van der Waals surface area contributed by atoms with Crippen molar-refractivity contribution in [1.82, 2.24) is 5.32 Å². The lowest BCUT2D eigenvalue weighted by molar-refractivity contribution is 0.460. The summed E-state index contributed by atoms with van der Waals surface area (Å²) in [6.45, 7) is 2.15. The van der Waals surface area contributed by atoms with Crippen molar-refractivity contribution in [3.8, 4) is 0 Å². The lowest BCUT2D eigenvalue weighted by atomic mass is 9.90. The predicted molar refractivity (Wildman–Crippen MR) is 59.1 cm³/mol. The Hall–Kier alpha value is -1.44. The summed E-state index contributed by atoms with van der Waals surface area (Å²) < 4.78 is 0. The van der Waals surface area contributed by atoms with Gasteiger partial charge in [0.1, 0.15) is 0 Å². The molecule has 3 nitrogen and oxygen atoms in total. The first-order valence-corrected chi connectivity index (χ1v) is 5.28. The van der Waals surface area contributed by atoms with Crippen LogP contribution >= 0.6 is 0 Å². The Kier molecular flexibility index (Phi) is 3.28. The van der Waals surface area contributed by atoms with Gasteiger partial charge in [-0.05, 0) is 49.5 Å². The van der Waals surface area contributed by atoms with E-state index in [4.69, 9.17) is 0 Å². The lowest BCUT2D eigenvalue weighted by Crippen LogP contribution is -2.26. The van der Waals surface area contributed by atoms with Gasteiger partial charge in [-0.15, -0.1) is 0 Å². The molecule has 1 heterocycles. The van der Waals surface area contributed by atoms with Gasteiger partial charge in [0.2, 0.25) is 6.08 Å². The molecule has 0 aromatic heterocycles. The maximum Gasteiger partial charge on any atom is 0.240 e. The first-order chi connectivity index (χ1) is 7.40. The highest BCUT2D eigenvalue weighted by molar-refractivity contribution is 5.50. The van der Waals surface area contributed by atoms with Crippen molar-refractivity contribution >= 4 is 11.8 Å². The molecule has 0 radical (unpaired) electrons. The van der Waals surface area contributed by atoms with Gasteiger partial charge < -0.3 is 5.32 Å². The predicted octanol–water partition coefficient (Wildman–Crippen LogP) is 2.12. The van der Waals surface area contributed by atoms with Crippen LogP contribution in [0.4, 0.5) is 5.69 Å².